The molecule has 0 aromatic heterocycles. The first-order chi connectivity index (χ1) is 14.2. The van der Waals surface area contributed by atoms with Crippen LogP contribution in [0.3, 0.4) is 0 Å². The Bertz CT molecular complexity index is 972. The van der Waals surface area contributed by atoms with Crippen molar-refractivity contribution >= 4 is 23.3 Å². The fourth-order valence-corrected chi connectivity index (χ4v) is 4.22. The predicted molar refractivity (Wildman–Crippen MR) is 104 cm³/mol. The summed E-state index contributed by atoms with van der Waals surface area (Å²) in [6.07, 6.45) is -2.02. The maximum atomic E-state index is 13.4. The number of ether oxygens (including phenoxy) is 1. The van der Waals surface area contributed by atoms with E-state index in [0.29, 0.717) is 48.8 Å². The number of likely N-dealkylation sites (tertiary alicyclic amines) is 1. The summed E-state index contributed by atoms with van der Waals surface area (Å²) < 4.78 is 58.3. The second-order valence-electron chi connectivity index (χ2n) is 7.62. The van der Waals surface area contributed by atoms with E-state index in [1.807, 2.05) is 12.1 Å². The molecule has 2 aromatic rings. The lowest BCUT2D eigenvalue weighted by Gasteiger charge is -2.44. The zero-order chi connectivity index (χ0) is 21.5. The highest BCUT2D eigenvalue weighted by molar-refractivity contribution is 6.32. The molecule has 4 nitrogen and oxygen atoms in total. The van der Waals surface area contributed by atoms with Gasteiger partial charge in [-0.3, -0.25) is 0 Å². The van der Waals surface area contributed by atoms with Crippen LogP contribution >= 0.6 is 11.6 Å². The van der Waals surface area contributed by atoms with Gasteiger partial charge in [0.05, 0.1) is 10.6 Å². The van der Waals surface area contributed by atoms with E-state index in [9.17, 15) is 22.4 Å². The number of fused-ring (bicyclic) bond motifs is 1. The van der Waals surface area contributed by atoms with Gasteiger partial charge in [-0.25, -0.2) is 9.18 Å². The van der Waals surface area contributed by atoms with Gasteiger partial charge in [0.1, 0.15) is 17.2 Å². The first kappa shape index (κ1) is 20.8. The molecule has 0 saturated carbocycles. The number of halogens is 5. The average Bonchev–Trinajstić information content (AvgIpc) is 2.70. The number of anilines is 1. The van der Waals surface area contributed by atoms with Crippen LogP contribution < -0.4 is 10.1 Å². The number of carbonyl (C=O) groups is 1. The summed E-state index contributed by atoms with van der Waals surface area (Å²) in [6, 6.07) is 7.52. The number of carbonyl (C=O) groups excluding carboxylic acids is 1. The van der Waals surface area contributed by atoms with Gasteiger partial charge in [-0.2, -0.15) is 13.2 Å². The van der Waals surface area contributed by atoms with Crippen molar-refractivity contribution in [3.05, 3.63) is 58.4 Å². The van der Waals surface area contributed by atoms with E-state index in [0.717, 1.165) is 24.5 Å². The number of urea groups is 1. The highest BCUT2D eigenvalue weighted by atomic mass is 35.5. The molecular formula is C21H19ClF4N2O2. The molecule has 1 saturated heterocycles. The minimum atomic E-state index is -4.84. The molecule has 1 spiro atoms. The number of piperidine rings is 1. The Morgan fingerprint density at radius 1 is 1.13 bits per heavy atom. The Balaban J connectivity index is 1.40. The van der Waals surface area contributed by atoms with Crippen LogP contribution in [0, 0.1) is 5.82 Å². The maximum absolute atomic E-state index is 13.4. The maximum Gasteiger partial charge on any atom is 0.419 e. The number of amides is 2. The van der Waals surface area contributed by atoms with Crippen LogP contribution in [0.5, 0.6) is 5.75 Å². The second kappa shape index (κ2) is 7.65. The van der Waals surface area contributed by atoms with Crippen molar-refractivity contribution in [2.45, 2.75) is 37.5 Å². The summed E-state index contributed by atoms with van der Waals surface area (Å²) in [5.41, 5.74) is -0.869. The molecule has 1 fully saturated rings. The van der Waals surface area contributed by atoms with Crippen molar-refractivity contribution in [3.8, 4) is 5.75 Å². The predicted octanol–water partition coefficient (Wildman–Crippen LogP) is 5.89. The molecule has 0 atom stereocenters. The van der Waals surface area contributed by atoms with Crippen LogP contribution in [0.25, 0.3) is 0 Å². The standard InChI is InChI=1S/C21H19ClF4N2O2/c22-16-3-1-2-13-6-7-20(30-18(13)16)8-10-28(11-9-20)19(29)27-14-4-5-17(23)15(12-14)21(24,25)26/h1-5,12H,6-11H2,(H,27,29). The third-order valence-corrected chi connectivity index (χ3v) is 6.00. The van der Waals surface area contributed by atoms with E-state index in [2.05, 4.69) is 5.32 Å². The Morgan fingerprint density at radius 2 is 1.87 bits per heavy atom. The largest absolute Gasteiger partial charge is 0.485 e. The molecule has 4 rings (SSSR count). The minimum absolute atomic E-state index is 0.108. The van der Waals surface area contributed by atoms with Crippen molar-refractivity contribution in [1.29, 1.82) is 0 Å². The van der Waals surface area contributed by atoms with Crippen molar-refractivity contribution in [2.75, 3.05) is 18.4 Å². The van der Waals surface area contributed by atoms with E-state index >= 15 is 0 Å². The van der Waals surface area contributed by atoms with E-state index in [1.165, 1.54) is 4.90 Å². The summed E-state index contributed by atoms with van der Waals surface area (Å²) in [5, 5.41) is 2.98. The SMILES string of the molecule is O=C(Nc1ccc(F)c(C(F)(F)F)c1)N1CCC2(CCc3cccc(Cl)c3O2)CC1. The molecule has 160 valence electrons. The average molecular weight is 443 g/mol. The monoisotopic (exact) mass is 442 g/mol. The van der Waals surface area contributed by atoms with E-state index in [-0.39, 0.29) is 5.69 Å². The Morgan fingerprint density at radius 3 is 2.57 bits per heavy atom. The fraction of sp³-hybridized carbons (Fsp3) is 0.381. The normalized spacial score (nSPS) is 18.0. The Kier molecular flexibility index (Phi) is 5.30. The van der Waals surface area contributed by atoms with E-state index < -0.39 is 29.2 Å². The van der Waals surface area contributed by atoms with Crippen LogP contribution in [0.2, 0.25) is 5.02 Å². The van der Waals surface area contributed by atoms with Crippen LogP contribution in [0.15, 0.2) is 36.4 Å². The smallest absolute Gasteiger partial charge is 0.419 e. The zero-order valence-corrected chi connectivity index (χ0v) is 16.6. The molecule has 2 aliphatic heterocycles. The van der Waals surface area contributed by atoms with Crippen LogP contribution in [-0.4, -0.2) is 29.6 Å². The molecule has 0 aliphatic carbocycles. The first-order valence-electron chi connectivity index (χ1n) is 9.56. The molecule has 30 heavy (non-hydrogen) atoms. The molecule has 2 amide bonds. The quantitative estimate of drug-likeness (QED) is 0.559. The minimum Gasteiger partial charge on any atom is -0.485 e. The number of benzene rings is 2. The zero-order valence-electron chi connectivity index (χ0n) is 15.9. The first-order valence-corrected chi connectivity index (χ1v) is 9.94. The number of aryl methyl sites for hydroxylation is 1. The van der Waals surface area contributed by atoms with Crippen LogP contribution in [0.1, 0.15) is 30.4 Å². The third kappa shape index (κ3) is 4.05. The molecule has 1 N–H and O–H groups in total. The van der Waals surface area contributed by atoms with E-state index in [4.69, 9.17) is 16.3 Å². The van der Waals surface area contributed by atoms with Gasteiger partial charge in [0.2, 0.25) is 0 Å². The van der Waals surface area contributed by atoms with Crippen molar-refractivity contribution < 1.29 is 27.1 Å². The van der Waals surface area contributed by atoms with Gasteiger partial charge < -0.3 is 15.0 Å². The number of hydrogen-bond donors (Lipinski definition) is 1. The summed E-state index contributed by atoms with van der Waals surface area (Å²) in [7, 11) is 0. The van der Waals surface area contributed by atoms with E-state index in [1.54, 1.807) is 6.07 Å². The van der Waals surface area contributed by atoms with Gasteiger partial charge in [-0.1, -0.05) is 23.7 Å². The van der Waals surface area contributed by atoms with Gasteiger partial charge in [0.25, 0.3) is 0 Å². The van der Waals surface area contributed by atoms with Gasteiger partial charge in [-0.15, -0.1) is 0 Å². The lowest BCUT2D eigenvalue weighted by atomic mass is 9.83. The number of hydrogen-bond acceptors (Lipinski definition) is 2. The van der Waals surface area contributed by atoms with Gasteiger partial charge in [0.15, 0.2) is 0 Å². The topological polar surface area (TPSA) is 41.6 Å². The number of alkyl halides is 3. The van der Waals surface area contributed by atoms with Crippen molar-refractivity contribution in [2.24, 2.45) is 0 Å². The number of rotatable bonds is 1. The lowest BCUT2D eigenvalue weighted by molar-refractivity contribution is -0.139. The summed E-state index contributed by atoms with van der Waals surface area (Å²) in [6.45, 7) is 0.776. The molecule has 9 heteroatoms. The van der Waals surface area contributed by atoms with Gasteiger partial charge in [0, 0.05) is 31.6 Å². The Labute approximate surface area is 175 Å². The molecule has 2 heterocycles. The molecule has 0 unspecified atom stereocenters. The summed E-state index contributed by atoms with van der Waals surface area (Å²) in [4.78, 5) is 14.0. The highest BCUT2D eigenvalue weighted by Crippen LogP contribution is 2.42. The lowest BCUT2D eigenvalue weighted by Crippen LogP contribution is -2.52. The summed E-state index contributed by atoms with van der Waals surface area (Å²) in [5.74, 6) is -0.692. The molecule has 0 bridgehead atoms. The fourth-order valence-electron chi connectivity index (χ4n) is 3.99. The molecule has 2 aliphatic rings. The Hall–Kier alpha value is -2.48. The molecule has 2 aromatic carbocycles. The highest BCUT2D eigenvalue weighted by Gasteiger charge is 2.41. The second-order valence-corrected chi connectivity index (χ2v) is 8.03. The third-order valence-electron chi connectivity index (χ3n) is 5.70. The van der Waals surface area contributed by atoms with Crippen molar-refractivity contribution in [3.63, 3.8) is 0 Å². The number of nitrogens with one attached hydrogen (secondary N) is 1. The van der Waals surface area contributed by atoms with Crippen molar-refractivity contribution in [1.82, 2.24) is 4.90 Å². The van der Waals surface area contributed by atoms with Crippen LogP contribution in [-0.2, 0) is 12.6 Å². The number of para-hydroxylation sites is 1. The van der Waals surface area contributed by atoms with Crippen LogP contribution in [0.4, 0.5) is 28.0 Å². The molecular weight excluding hydrogens is 424 g/mol. The number of nitrogens with zero attached hydrogens (tertiary/aromatic N) is 1. The summed E-state index contributed by atoms with van der Waals surface area (Å²) >= 11 is 6.26. The van der Waals surface area contributed by atoms with Gasteiger partial charge in [-0.05, 0) is 42.7 Å². The molecule has 0 radical (unpaired) electrons. The van der Waals surface area contributed by atoms with Gasteiger partial charge >= 0.3 is 12.2 Å².